The molecule has 0 fully saturated rings. The quantitative estimate of drug-likeness (QED) is 0.149. The van der Waals surface area contributed by atoms with Crippen molar-refractivity contribution in [2.75, 3.05) is 0 Å². The zero-order valence-electron chi connectivity index (χ0n) is 44.7. The summed E-state index contributed by atoms with van der Waals surface area (Å²) in [5.74, 6) is 1.33. The summed E-state index contributed by atoms with van der Waals surface area (Å²) in [6.07, 6.45) is 11.3. The van der Waals surface area contributed by atoms with Gasteiger partial charge < -0.3 is 18.3 Å². The van der Waals surface area contributed by atoms with Crippen molar-refractivity contribution in [1.29, 1.82) is 5.26 Å². The molecule has 17 rings (SSSR count). The van der Waals surface area contributed by atoms with Crippen LogP contribution in [0.1, 0.15) is 5.56 Å². The molecule has 8 heterocycles. The summed E-state index contributed by atoms with van der Waals surface area (Å²) in [6.45, 7) is 0. The summed E-state index contributed by atoms with van der Waals surface area (Å²) in [7, 11) is 0. The topological polar surface area (TPSA) is 121 Å². The van der Waals surface area contributed by atoms with Crippen LogP contribution in [0.4, 0.5) is 0 Å². The first-order valence-corrected chi connectivity index (χ1v) is 27.8. The van der Waals surface area contributed by atoms with Gasteiger partial charge in [-0.25, -0.2) is 15.0 Å². The molecule has 11 nitrogen and oxygen atoms in total. The lowest BCUT2D eigenvalue weighted by molar-refractivity contribution is 1.04. The van der Waals surface area contributed by atoms with Gasteiger partial charge in [-0.1, -0.05) is 158 Å². The molecule has 9 aromatic carbocycles. The molecule has 84 heavy (non-hydrogen) atoms. The van der Waals surface area contributed by atoms with Gasteiger partial charge in [-0.15, -0.1) is 0 Å². The average molecular weight is 1070 g/mol. The maximum Gasteiger partial charge on any atom is 0.166 e. The minimum atomic E-state index is 0.373. The first-order valence-electron chi connectivity index (χ1n) is 27.8. The Kier molecular flexibility index (Phi) is 10.4. The Bertz CT molecular complexity index is 5360. The molecule has 8 aromatic heterocycles. The summed E-state index contributed by atoms with van der Waals surface area (Å²) in [4.78, 5) is 30.9. The number of nitriles is 1. The van der Waals surface area contributed by atoms with E-state index in [4.69, 9.17) is 29.9 Å². The average Bonchev–Trinajstić information content (AvgIpc) is 1.46. The first-order chi connectivity index (χ1) is 41.7. The fraction of sp³-hybridized carbons (Fsp3) is 0. The molecule has 11 heteroatoms. The summed E-state index contributed by atoms with van der Waals surface area (Å²) >= 11 is 0. The molecule has 17 aromatic rings. The third-order valence-electron chi connectivity index (χ3n) is 16.5. The minimum Gasteiger partial charge on any atom is -0.309 e. The number of hydrogen-bond acceptors (Lipinski definition) is 7. The van der Waals surface area contributed by atoms with Gasteiger partial charge in [-0.05, 0) is 72.3 Å². The van der Waals surface area contributed by atoms with Crippen LogP contribution in [0.15, 0.2) is 262 Å². The van der Waals surface area contributed by atoms with E-state index in [1.165, 1.54) is 0 Å². The molecule has 0 aliphatic carbocycles. The number of aromatic nitrogens is 10. The molecular formula is C73H43N11. The second-order valence-electron chi connectivity index (χ2n) is 21.0. The van der Waals surface area contributed by atoms with E-state index < -0.39 is 0 Å². The van der Waals surface area contributed by atoms with E-state index in [9.17, 15) is 5.26 Å². The maximum atomic E-state index is 12.9. The zero-order chi connectivity index (χ0) is 55.4. The third-order valence-corrected chi connectivity index (χ3v) is 16.5. The van der Waals surface area contributed by atoms with Gasteiger partial charge in [0.05, 0.1) is 66.8 Å². The molecule has 0 N–H and O–H groups in total. The summed E-state index contributed by atoms with van der Waals surface area (Å²) < 4.78 is 9.22. The van der Waals surface area contributed by atoms with Crippen LogP contribution in [0, 0.1) is 11.3 Å². The molecule has 0 bridgehead atoms. The highest BCUT2D eigenvalue weighted by Crippen LogP contribution is 2.52. The van der Waals surface area contributed by atoms with Crippen molar-refractivity contribution in [2.45, 2.75) is 0 Å². The SMILES string of the molecule is N#Cc1c(-n2c3ccccc3c3cnccc32)c(-c2nc(-c3ccccc3)nc(-c3ccccc3)n2)c(-c2ccc3c(c2)c2ccccc2n3-c2ccccc2)c(-n2c3ccccc3c3cnccc32)c1-n1c2ccccc2c2cnccc21. The second-order valence-corrected chi connectivity index (χ2v) is 21.0. The number of nitrogens with zero attached hydrogens (tertiary/aromatic N) is 11. The number of para-hydroxylation sites is 5. The van der Waals surface area contributed by atoms with E-state index in [1.807, 2.05) is 104 Å². The fourth-order valence-corrected chi connectivity index (χ4v) is 13.0. The molecular weight excluding hydrogens is 1030 g/mol. The van der Waals surface area contributed by atoms with Gasteiger partial charge in [0, 0.05) is 103 Å². The summed E-state index contributed by atoms with van der Waals surface area (Å²) in [5, 5.41) is 20.8. The lowest BCUT2D eigenvalue weighted by Crippen LogP contribution is -2.15. The van der Waals surface area contributed by atoms with E-state index in [1.54, 1.807) is 0 Å². The normalized spacial score (nSPS) is 11.8. The van der Waals surface area contributed by atoms with E-state index in [0.29, 0.717) is 40.0 Å². The number of hydrogen-bond donors (Lipinski definition) is 0. The highest BCUT2D eigenvalue weighted by atomic mass is 15.1. The monoisotopic (exact) mass is 1070 g/mol. The Morgan fingerprint density at radius 2 is 0.667 bits per heavy atom. The highest BCUT2D eigenvalue weighted by Gasteiger charge is 2.35. The zero-order valence-corrected chi connectivity index (χ0v) is 44.7. The van der Waals surface area contributed by atoms with Crippen LogP contribution >= 0.6 is 0 Å². The van der Waals surface area contributed by atoms with Gasteiger partial charge in [0.15, 0.2) is 17.5 Å². The van der Waals surface area contributed by atoms with Crippen LogP contribution in [-0.4, -0.2) is 48.2 Å². The first kappa shape index (κ1) is 47.0. The van der Waals surface area contributed by atoms with Crippen molar-refractivity contribution in [3.05, 3.63) is 267 Å². The number of fused-ring (bicyclic) bond motifs is 12. The Hall–Kier alpha value is -11.9. The molecule has 0 spiro atoms. The van der Waals surface area contributed by atoms with E-state index in [-0.39, 0.29) is 0 Å². The molecule has 0 aliphatic heterocycles. The largest absolute Gasteiger partial charge is 0.309 e. The number of rotatable bonds is 8. The van der Waals surface area contributed by atoms with Gasteiger partial charge in [0.1, 0.15) is 11.6 Å². The Labute approximate surface area is 479 Å². The van der Waals surface area contributed by atoms with Crippen molar-refractivity contribution in [3.63, 3.8) is 0 Å². The highest BCUT2D eigenvalue weighted by molar-refractivity contribution is 6.17. The Balaban J connectivity index is 1.19. The molecule has 0 saturated carbocycles. The van der Waals surface area contributed by atoms with Gasteiger partial charge >= 0.3 is 0 Å². The standard InChI is InChI=1S/C73H43N11/c74-41-54-68(82-59-29-15-11-25-50(59)55-42-75-37-34-63(55)82)67(73-79-71(45-18-4-1-5-19-45)78-72(80-73)46-20-6-2-7-21-46)66(47-32-33-62-53(40-47)49-24-10-14-28-58(49)81(62)48-22-8-3-9-23-48)70(84-61-31-17-13-27-52(61)57-44-77-39-36-65(57)84)69(54)83-60-30-16-12-26-51(60)56-43-76-38-35-64(56)83/h1-40,42-44H. The predicted octanol–water partition coefficient (Wildman–Crippen LogP) is 17.0. The van der Waals surface area contributed by atoms with Crippen molar-refractivity contribution in [3.8, 4) is 74.1 Å². The van der Waals surface area contributed by atoms with Crippen LogP contribution in [0.3, 0.4) is 0 Å². The maximum absolute atomic E-state index is 12.9. The van der Waals surface area contributed by atoms with Crippen LogP contribution in [0.5, 0.6) is 0 Å². The van der Waals surface area contributed by atoms with E-state index in [0.717, 1.165) is 121 Å². The summed E-state index contributed by atoms with van der Waals surface area (Å²) in [6, 6.07) is 80.5. The molecule has 0 saturated heterocycles. The predicted molar refractivity (Wildman–Crippen MR) is 337 cm³/mol. The van der Waals surface area contributed by atoms with Gasteiger partial charge in [-0.3, -0.25) is 15.0 Å². The Morgan fingerprint density at radius 3 is 1.15 bits per heavy atom. The van der Waals surface area contributed by atoms with Gasteiger partial charge in [0.25, 0.3) is 0 Å². The lowest BCUT2D eigenvalue weighted by Gasteiger charge is -2.28. The van der Waals surface area contributed by atoms with Gasteiger partial charge in [0.2, 0.25) is 0 Å². The molecule has 0 aliphatic rings. The van der Waals surface area contributed by atoms with Crippen LogP contribution in [0.2, 0.25) is 0 Å². The van der Waals surface area contributed by atoms with E-state index >= 15 is 0 Å². The lowest BCUT2D eigenvalue weighted by atomic mass is 9.89. The number of benzene rings is 9. The van der Waals surface area contributed by atoms with Crippen molar-refractivity contribution in [2.24, 2.45) is 0 Å². The molecule has 0 unspecified atom stereocenters. The third kappa shape index (κ3) is 6.92. The van der Waals surface area contributed by atoms with Crippen molar-refractivity contribution in [1.82, 2.24) is 48.2 Å². The second kappa shape index (κ2) is 18.6. The molecule has 0 radical (unpaired) electrons. The van der Waals surface area contributed by atoms with Crippen LogP contribution in [-0.2, 0) is 0 Å². The molecule has 0 amide bonds. The summed E-state index contributed by atoms with van der Waals surface area (Å²) in [5.41, 5.74) is 14.7. The van der Waals surface area contributed by atoms with Crippen LogP contribution in [0.25, 0.3) is 155 Å². The van der Waals surface area contributed by atoms with Crippen molar-refractivity contribution >= 4 is 87.2 Å². The van der Waals surface area contributed by atoms with Gasteiger partial charge in [-0.2, -0.15) is 5.26 Å². The Morgan fingerprint density at radius 1 is 0.286 bits per heavy atom. The van der Waals surface area contributed by atoms with E-state index in [2.05, 4.69) is 182 Å². The molecule has 0 atom stereocenters. The fourth-order valence-electron chi connectivity index (χ4n) is 13.0. The number of pyridine rings is 3. The molecule has 390 valence electrons. The van der Waals surface area contributed by atoms with Crippen LogP contribution < -0.4 is 0 Å². The smallest absolute Gasteiger partial charge is 0.166 e. The minimum absolute atomic E-state index is 0.373. The van der Waals surface area contributed by atoms with Crippen molar-refractivity contribution < 1.29 is 0 Å².